The molecule has 1 aliphatic rings. The molecule has 0 bridgehead atoms. The predicted molar refractivity (Wildman–Crippen MR) is 188 cm³/mol. The number of ether oxygens (including phenoxy) is 3. The van der Waals surface area contributed by atoms with Gasteiger partial charge in [-0.15, -0.1) is 0 Å². The van der Waals surface area contributed by atoms with Crippen molar-refractivity contribution >= 4 is 23.7 Å². The molecule has 5 rings (SSSR count). The van der Waals surface area contributed by atoms with Crippen molar-refractivity contribution in [1.82, 2.24) is 9.97 Å². The number of carbonyl (C=O) groups is 2. The number of halogens is 9. The molecule has 1 aliphatic heterocycles. The van der Waals surface area contributed by atoms with Crippen molar-refractivity contribution in [2.45, 2.75) is 83.2 Å². The fraction of sp³-hybridized carbons (Fsp3) is 0.385. The minimum Gasteiger partial charge on any atom is -0.490 e. The van der Waals surface area contributed by atoms with E-state index in [1.165, 1.54) is 4.90 Å². The summed E-state index contributed by atoms with van der Waals surface area (Å²) in [5.41, 5.74) is -3.87. The average Bonchev–Trinajstić information content (AvgIpc) is 3.15. The lowest BCUT2D eigenvalue weighted by Gasteiger charge is -2.40. The first-order valence-electron chi connectivity index (χ1n) is 17.8. The van der Waals surface area contributed by atoms with Gasteiger partial charge in [-0.2, -0.15) is 39.5 Å². The molecule has 9 nitrogen and oxygen atoms in total. The zero-order valence-electron chi connectivity index (χ0n) is 30.5. The van der Waals surface area contributed by atoms with E-state index in [0.29, 0.717) is 24.1 Å². The van der Waals surface area contributed by atoms with Crippen LogP contribution in [-0.4, -0.2) is 41.3 Å². The van der Waals surface area contributed by atoms with E-state index in [1.807, 2.05) is 0 Å². The third-order valence-electron chi connectivity index (χ3n) is 8.98. The topological polar surface area (TPSA) is 103 Å². The standard InChI is InChI=1S/C39H37F9N4O5/c1-3-28-20-30(29-19-25(37(40,41)42)12-13-32(29)52(28)36(54)57-22-23-9-6-5-7-10-23)50-35-49-21-33(56-14-8-11-34(53)55-4-2)31(51-35)17-24-15-26(38(43,44)45)18-27(16-24)39(46,47)48/h5-7,9-10,12-13,15-16,18-19,21,28,30H,3-4,8,11,14,17,20,22H2,1-2H3,(H,49,50,51)/t28-,30+/m1/s1. The van der Waals surface area contributed by atoms with E-state index in [2.05, 4.69) is 15.3 Å². The maximum atomic E-state index is 14.0. The van der Waals surface area contributed by atoms with E-state index in [1.54, 1.807) is 44.2 Å². The number of nitrogens with zero attached hydrogens (tertiary/aromatic N) is 3. The minimum absolute atomic E-state index is 0.0100. The van der Waals surface area contributed by atoms with Crippen molar-refractivity contribution in [3.8, 4) is 5.75 Å². The molecule has 0 radical (unpaired) electrons. The molecule has 0 fully saturated rings. The molecule has 1 N–H and O–H groups in total. The molecule has 0 spiro atoms. The van der Waals surface area contributed by atoms with E-state index in [9.17, 15) is 49.1 Å². The highest BCUT2D eigenvalue weighted by molar-refractivity contribution is 5.90. The van der Waals surface area contributed by atoms with E-state index < -0.39 is 71.3 Å². The van der Waals surface area contributed by atoms with Gasteiger partial charge < -0.3 is 19.5 Å². The Hall–Kier alpha value is -5.55. The Morgan fingerprint density at radius 2 is 1.49 bits per heavy atom. The van der Waals surface area contributed by atoms with Crippen LogP contribution in [0.25, 0.3) is 0 Å². The minimum atomic E-state index is -5.12. The SMILES string of the molecule is CCOC(=O)CCCOc1cnc(N[C@H]2C[C@@H](CC)N(C(=O)OCc3ccccc3)c3ccc(C(F)(F)F)cc32)nc1Cc1cc(C(F)(F)F)cc(C(F)(F)F)c1. The summed E-state index contributed by atoms with van der Waals surface area (Å²) in [6.45, 7) is 3.28. The van der Waals surface area contributed by atoms with Crippen molar-refractivity contribution in [3.63, 3.8) is 0 Å². The normalized spacial score (nSPS) is 15.8. The van der Waals surface area contributed by atoms with E-state index in [4.69, 9.17) is 14.2 Å². The number of carbonyl (C=O) groups excluding carboxylic acids is 2. The highest BCUT2D eigenvalue weighted by Crippen LogP contribution is 2.43. The number of hydrogen-bond donors (Lipinski definition) is 1. The maximum absolute atomic E-state index is 14.0. The quantitative estimate of drug-likeness (QED) is 0.0809. The van der Waals surface area contributed by atoms with Gasteiger partial charge in [-0.05, 0) is 79.3 Å². The summed E-state index contributed by atoms with van der Waals surface area (Å²) >= 11 is 0. The van der Waals surface area contributed by atoms with Crippen LogP contribution in [-0.2, 0) is 45.8 Å². The summed E-state index contributed by atoms with van der Waals surface area (Å²) in [5.74, 6) is -0.886. The number of esters is 1. The third-order valence-corrected chi connectivity index (χ3v) is 8.98. The number of alkyl halides is 9. The van der Waals surface area contributed by atoms with Gasteiger partial charge >= 0.3 is 30.6 Å². The van der Waals surface area contributed by atoms with Crippen molar-refractivity contribution in [3.05, 3.63) is 112 Å². The van der Waals surface area contributed by atoms with Crippen LogP contribution in [0.1, 0.15) is 84.6 Å². The van der Waals surface area contributed by atoms with E-state index in [-0.39, 0.29) is 73.8 Å². The summed E-state index contributed by atoms with van der Waals surface area (Å²) in [7, 11) is 0. The molecular weight excluding hydrogens is 775 g/mol. The van der Waals surface area contributed by atoms with Crippen molar-refractivity contribution < 1.29 is 63.3 Å². The Kier molecular flexibility index (Phi) is 13.2. The highest BCUT2D eigenvalue weighted by atomic mass is 19.4. The molecule has 4 aromatic rings. The molecule has 57 heavy (non-hydrogen) atoms. The second kappa shape index (κ2) is 17.7. The Balaban J connectivity index is 1.51. The van der Waals surface area contributed by atoms with Crippen LogP contribution in [0.2, 0.25) is 0 Å². The molecule has 0 aliphatic carbocycles. The molecule has 18 heteroatoms. The number of nitrogens with one attached hydrogen (secondary N) is 1. The zero-order chi connectivity index (χ0) is 41.5. The summed E-state index contributed by atoms with van der Waals surface area (Å²) in [6.07, 6.45) is -14.9. The Labute approximate surface area is 321 Å². The van der Waals surface area contributed by atoms with Gasteiger partial charge in [-0.3, -0.25) is 9.69 Å². The third kappa shape index (κ3) is 11.1. The first-order valence-corrected chi connectivity index (χ1v) is 17.8. The smallest absolute Gasteiger partial charge is 0.416 e. The fourth-order valence-corrected chi connectivity index (χ4v) is 6.28. The summed E-state index contributed by atoms with van der Waals surface area (Å²) in [4.78, 5) is 35.2. The van der Waals surface area contributed by atoms with Gasteiger partial charge in [0.15, 0.2) is 5.75 Å². The molecule has 2 heterocycles. The van der Waals surface area contributed by atoms with Crippen LogP contribution >= 0.6 is 0 Å². The number of amides is 1. The number of aromatic nitrogens is 2. The average molecular weight is 813 g/mol. The van der Waals surface area contributed by atoms with Crippen molar-refractivity contribution in [2.75, 3.05) is 23.4 Å². The summed E-state index contributed by atoms with van der Waals surface area (Å²) < 4.78 is 140. The zero-order valence-corrected chi connectivity index (χ0v) is 30.5. The molecule has 306 valence electrons. The lowest BCUT2D eigenvalue weighted by atomic mass is 9.89. The van der Waals surface area contributed by atoms with E-state index >= 15 is 0 Å². The first-order chi connectivity index (χ1) is 26.9. The van der Waals surface area contributed by atoms with Crippen LogP contribution in [0.3, 0.4) is 0 Å². The highest BCUT2D eigenvalue weighted by Gasteiger charge is 2.40. The van der Waals surface area contributed by atoms with Crippen LogP contribution in [0.15, 0.2) is 72.9 Å². The van der Waals surface area contributed by atoms with Crippen molar-refractivity contribution in [1.29, 1.82) is 0 Å². The van der Waals surface area contributed by atoms with Crippen LogP contribution in [0.5, 0.6) is 5.75 Å². The number of hydrogen-bond acceptors (Lipinski definition) is 8. The van der Waals surface area contributed by atoms with Crippen molar-refractivity contribution in [2.24, 2.45) is 0 Å². The largest absolute Gasteiger partial charge is 0.490 e. The van der Waals surface area contributed by atoms with Crippen LogP contribution in [0, 0.1) is 0 Å². The molecule has 0 saturated carbocycles. The number of benzene rings is 3. The van der Waals surface area contributed by atoms with E-state index in [0.717, 1.165) is 24.4 Å². The Morgan fingerprint density at radius 3 is 2.11 bits per heavy atom. The Bertz CT molecular complexity index is 1990. The number of anilines is 2. The number of rotatable bonds is 13. The molecule has 0 unspecified atom stereocenters. The monoisotopic (exact) mass is 812 g/mol. The van der Waals surface area contributed by atoms with Gasteiger partial charge in [-0.25, -0.2) is 14.8 Å². The Morgan fingerprint density at radius 1 is 0.825 bits per heavy atom. The van der Waals surface area contributed by atoms with Gasteiger partial charge in [-0.1, -0.05) is 37.3 Å². The van der Waals surface area contributed by atoms with Gasteiger partial charge in [0.1, 0.15) is 6.61 Å². The van der Waals surface area contributed by atoms with Gasteiger partial charge in [0.05, 0.1) is 53.5 Å². The lowest BCUT2D eigenvalue weighted by molar-refractivity contribution is -0.144. The molecule has 3 aromatic carbocycles. The van der Waals surface area contributed by atoms with Gasteiger partial charge in [0.25, 0.3) is 0 Å². The fourth-order valence-electron chi connectivity index (χ4n) is 6.28. The van der Waals surface area contributed by atoms with Crippen LogP contribution < -0.4 is 15.0 Å². The predicted octanol–water partition coefficient (Wildman–Crippen LogP) is 10.3. The number of fused-ring (bicyclic) bond motifs is 1. The molecule has 1 aromatic heterocycles. The molecular formula is C39H37F9N4O5. The van der Waals surface area contributed by atoms with Crippen LogP contribution in [0.4, 0.5) is 55.9 Å². The lowest BCUT2D eigenvalue weighted by Crippen LogP contribution is -2.46. The first kappa shape index (κ1) is 42.6. The van der Waals surface area contributed by atoms with Gasteiger partial charge in [0, 0.05) is 18.9 Å². The molecule has 1 amide bonds. The molecule has 2 atom stereocenters. The summed E-state index contributed by atoms with van der Waals surface area (Å²) in [6, 6.07) is 11.1. The molecule has 0 saturated heterocycles. The van der Waals surface area contributed by atoms with Gasteiger partial charge in [0.2, 0.25) is 5.95 Å². The summed E-state index contributed by atoms with van der Waals surface area (Å²) in [5, 5.41) is 2.97. The second-order valence-corrected chi connectivity index (χ2v) is 13.0. The second-order valence-electron chi connectivity index (χ2n) is 13.0. The maximum Gasteiger partial charge on any atom is 0.416 e.